The number of hydrogen-bond acceptors (Lipinski definition) is 4. The van der Waals surface area contributed by atoms with Crippen LogP contribution in [0.15, 0.2) is 85.1 Å². The third-order valence-corrected chi connectivity index (χ3v) is 6.35. The van der Waals surface area contributed by atoms with E-state index in [9.17, 15) is 10.1 Å². The average Bonchev–Trinajstić information content (AvgIpc) is 3.27. The molecule has 4 aromatic carbocycles. The number of benzene rings is 4. The lowest BCUT2D eigenvalue weighted by molar-refractivity contribution is -0.384. The standard InChI is InChI=1S/C27H19Cl2N3O3/c1-35-23-10-4-18-12-17(2-3-19(18)14-23)13-27-30-26(24-11-5-20(28)15-25(24)29)16-31(27)21-6-8-22(9-7-21)32(33)34/h2-12,14-16H,13H2,1H3. The number of nitro benzene ring substituents is 1. The van der Waals surface area contributed by atoms with E-state index in [1.165, 1.54) is 12.1 Å². The fourth-order valence-corrected chi connectivity index (χ4v) is 4.53. The summed E-state index contributed by atoms with van der Waals surface area (Å²) in [5.74, 6) is 1.58. The Hall–Kier alpha value is -3.87. The molecule has 35 heavy (non-hydrogen) atoms. The molecule has 0 aliphatic rings. The van der Waals surface area contributed by atoms with E-state index < -0.39 is 4.92 Å². The zero-order chi connectivity index (χ0) is 24.5. The van der Waals surface area contributed by atoms with Gasteiger partial charge < -0.3 is 9.30 Å². The van der Waals surface area contributed by atoms with Crippen molar-refractivity contribution in [2.45, 2.75) is 6.42 Å². The highest BCUT2D eigenvalue weighted by molar-refractivity contribution is 6.36. The topological polar surface area (TPSA) is 70.2 Å². The maximum absolute atomic E-state index is 11.1. The summed E-state index contributed by atoms with van der Waals surface area (Å²) in [6.07, 6.45) is 2.43. The third-order valence-electron chi connectivity index (χ3n) is 5.80. The van der Waals surface area contributed by atoms with Crippen molar-refractivity contribution >= 4 is 39.7 Å². The monoisotopic (exact) mass is 503 g/mol. The first kappa shape index (κ1) is 22.9. The molecule has 0 saturated carbocycles. The SMILES string of the molecule is COc1ccc2cc(Cc3nc(-c4ccc(Cl)cc4Cl)cn3-c3ccc([N+](=O)[O-])cc3)ccc2c1. The Morgan fingerprint density at radius 2 is 1.69 bits per heavy atom. The van der Waals surface area contributed by atoms with Gasteiger partial charge in [0.05, 0.1) is 22.7 Å². The Morgan fingerprint density at radius 3 is 2.40 bits per heavy atom. The minimum atomic E-state index is -0.415. The van der Waals surface area contributed by atoms with Gasteiger partial charge in [0.2, 0.25) is 0 Å². The molecule has 0 aliphatic heterocycles. The number of nitro groups is 1. The van der Waals surface area contributed by atoms with Gasteiger partial charge in [-0.2, -0.15) is 0 Å². The number of ether oxygens (including phenoxy) is 1. The summed E-state index contributed by atoms with van der Waals surface area (Å²) in [5, 5.41) is 14.3. The second kappa shape index (κ2) is 9.41. The Balaban J connectivity index is 1.58. The van der Waals surface area contributed by atoms with Crippen molar-refractivity contribution in [3.05, 3.63) is 117 Å². The lowest BCUT2D eigenvalue weighted by atomic mass is 10.0. The van der Waals surface area contributed by atoms with Crippen LogP contribution in [-0.2, 0) is 6.42 Å². The van der Waals surface area contributed by atoms with Crippen molar-refractivity contribution in [2.75, 3.05) is 7.11 Å². The zero-order valence-electron chi connectivity index (χ0n) is 18.6. The van der Waals surface area contributed by atoms with E-state index in [1.54, 1.807) is 31.4 Å². The van der Waals surface area contributed by atoms with Crippen molar-refractivity contribution in [1.82, 2.24) is 9.55 Å². The first-order valence-electron chi connectivity index (χ1n) is 10.8. The molecule has 5 aromatic rings. The number of imidazole rings is 1. The molecule has 8 heteroatoms. The molecule has 0 saturated heterocycles. The lowest BCUT2D eigenvalue weighted by Crippen LogP contribution is -2.02. The highest BCUT2D eigenvalue weighted by atomic mass is 35.5. The van der Waals surface area contributed by atoms with Crippen LogP contribution in [0.4, 0.5) is 5.69 Å². The number of hydrogen-bond donors (Lipinski definition) is 0. The summed E-state index contributed by atoms with van der Waals surface area (Å²) in [6.45, 7) is 0. The van der Waals surface area contributed by atoms with Gasteiger partial charge in [0, 0.05) is 41.0 Å². The molecule has 5 rings (SSSR count). The second-order valence-electron chi connectivity index (χ2n) is 8.03. The smallest absolute Gasteiger partial charge is 0.269 e. The molecule has 0 spiro atoms. The first-order chi connectivity index (χ1) is 16.9. The normalized spacial score (nSPS) is 11.1. The summed E-state index contributed by atoms with van der Waals surface area (Å²) in [6, 6.07) is 23.9. The lowest BCUT2D eigenvalue weighted by Gasteiger charge is -2.09. The van der Waals surface area contributed by atoms with E-state index in [1.807, 2.05) is 35.0 Å². The molecule has 6 nitrogen and oxygen atoms in total. The van der Waals surface area contributed by atoms with Crippen molar-refractivity contribution in [3.63, 3.8) is 0 Å². The van der Waals surface area contributed by atoms with E-state index in [2.05, 4.69) is 18.2 Å². The van der Waals surface area contributed by atoms with Crippen molar-refractivity contribution < 1.29 is 9.66 Å². The molecule has 1 aromatic heterocycles. The Bertz CT molecular complexity index is 1560. The van der Waals surface area contributed by atoms with Crippen LogP contribution in [-0.4, -0.2) is 21.6 Å². The van der Waals surface area contributed by atoms with Crippen LogP contribution in [0.1, 0.15) is 11.4 Å². The number of aromatic nitrogens is 2. The molecule has 0 radical (unpaired) electrons. The fourth-order valence-electron chi connectivity index (χ4n) is 4.02. The average molecular weight is 504 g/mol. The highest BCUT2D eigenvalue weighted by Gasteiger charge is 2.16. The van der Waals surface area contributed by atoms with Gasteiger partial charge in [0.1, 0.15) is 11.6 Å². The summed E-state index contributed by atoms with van der Waals surface area (Å²) < 4.78 is 7.26. The minimum absolute atomic E-state index is 0.0290. The van der Waals surface area contributed by atoms with Crippen molar-refractivity contribution in [2.24, 2.45) is 0 Å². The van der Waals surface area contributed by atoms with E-state index in [0.717, 1.165) is 39.2 Å². The van der Waals surface area contributed by atoms with Gasteiger partial charge in [0.15, 0.2) is 0 Å². The molecule has 0 atom stereocenters. The van der Waals surface area contributed by atoms with Gasteiger partial charge >= 0.3 is 0 Å². The third kappa shape index (κ3) is 4.71. The van der Waals surface area contributed by atoms with Crippen LogP contribution in [0.25, 0.3) is 27.7 Å². The van der Waals surface area contributed by atoms with Crippen LogP contribution in [0, 0.1) is 10.1 Å². The van der Waals surface area contributed by atoms with Crippen LogP contribution in [0.3, 0.4) is 0 Å². The van der Waals surface area contributed by atoms with Crippen LogP contribution in [0.5, 0.6) is 5.75 Å². The molecule has 174 valence electrons. The molecule has 0 fully saturated rings. The quantitative estimate of drug-likeness (QED) is 0.177. The summed E-state index contributed by atoms with van der Waals surface area (Å²) in [7, 11) is 1.65. The van der Waals surface area contributed by atoms with Crippen molar-refractivity contribution in [1.29, 1.82) is 0 Å². The Kier molecular flexibility index (Phi) is 6.16. The molecule has 1 heterocycles. The van der Waals surface area contributed by atoms with Crippen LogP contribution >= 0.6 is 23.2 Å². The molecule has 0 bridgehead atoms. The number of halogens is 2. The largest absolute Gasteiger partial charge is 0.497 e. The van der Waals surface area contributed by atoms with E-state index >= 15 is 0 Å². The Labute approximate surface area is 211 Å². The van der Waals surface area contributed by atoms with Gasteiger partial charge in [-0.3, -0.25) is 10.1 Å². The van der Waals surface area contributed by atoms with Gasteiger partial charge in [-0.25, -0.2) is 4.98 Å². The Morgan fingerprint density at radius 1 is 0.943 bits per heavy atom. The fraction of sp³-hybridized carbons (Fsp3) is 0.0741. The van der Waals surface area contributed by atoms with Gasteiger partial charge in [-0.05, 0) is 58.8 Å². The predicted molar refractivity (Wildman–Crippen MR) is 139 cm³/mol. The maximum Gasteiger partial charge on any atom is 0.269 e. The molecule has 0 N–H and O–H groups in total. The molecular formula is C27H19Cl2N3O3. The highest BCUT2D eigenvalue weighted by Crippen LogP contribution is 2.32. The van der Waals surface area contributed by atoms with E-state index in [0.29, 0.717) is 22.2 Å². The van der Waals surface area contributed by atoms with E-state index in [4.69, 9.17) is 32.9 Å². The van der Waals surface area contributed by atoms with Gasteiger partial charge in [0.25, 0.3) is 5.69 Å². The minimum Gasteiger partial charge on any atom is -0.497 e. The zero-order valence-corrected chi connectivity index (χ0v) is 20.1. The van der Waals surface area contributed by atoms with Crippen LogP contribution in [0.2, 0.25) is 10.0 Å². The number of nitrogens with zero attached hydrogens (tertiary/aromatic N) is 3. The number of fused-ring (bicyclic) bond motifs is 1. The predicted octanol–water partition coefficient (Wildman–Crippen LogP) is 7.51. The summed E-state index contributed by atoms with van der Waals surface area (Å²) in [5.41, 5.74) is 3.31. The van der Waals surface area contributed by atoms with Crippen LogP contribution < -0.4 is 4.74 Å². The number of rotatable bonds is 6. The summed E-state index contributed by atoms with van der Waals surface area (Å²) >= 11 is 12.5. The number of non-ortho nitro benzene ring substituents is 1. The molecule has 0 aliphatic carbocycles. The van der Waals surface area contributed by atoms with Crippen molar-refractivity contribution in [3.8, 4) is 22.7 Å². The second-order valence-corrected chi connectivity index (χ2v) is 8.88. The van der Waals surface area contributed by atoms with Gasteiger partial charge in [-0.15, -0.1) is 0 Å². The molecular weight excluding hydrogens is 485 g/mol. The first-order valence-corrected chi connectivity index (χ1v) is 11.5. The van der Waals surface area contributed by atoms with E-state index in [-0.39, 0.29) is 5.69 Å². The maximum atomic E-state index is 11.1. The molecule has 0 amide bonds. The van der Waals surface area contributed by atoms with Gasteiger partial charge in [-0.1, -0.05) is 47.5 Å². The summed E-state index contributed by atoms with van der Waals surface area (Å²) in [4.78, 5) is 15.6. The molecule has 0 unspecified atom stereocenters. The number of methoxy groups -OCH3 is 1.